The number of ether oxygens (including phenoxy) is 2. The molecule has 0 radical (unpaired) electrons. The molecular formula is C31H29ClF6N8O2. The van der Waals surface area contributed by atoms with E-state index < -0.39 is 69.8 Å². The summed E-state index contributed by atoms with van der Waals surface area (Å²) in [6.07, 6.45) is -3.43. The third-order valence-corrected chi connectivity index (χ3v) is 9.70. The van der Waals surface area contributed by atoms with E-state index in [0.29, 0.717) is 18.5 Å². The number of halogens is 7. The van der Waals surface area contributed by atoms with Crippen LogP contribution in [0.2, 0.25) is 5.02 Å². The van der Waals surface area contributed by atoms with Crippen molar-refractivity contribution in [3.05, 3.63) is 51.9 Å². The van der Waals surface area contributed by atoms with Crippen LogP contribution in [0.1, 0.15) is 42.5 Å². The minimum Gasteiger partial charge on any atom is -0.489 e. The van der Waals surface area contributed by atoms with E-state index in [1.165, 1.54) is 13.1 Å². The molecule has 0 amide bonds. The molecule has 0 spiro atoms. The number of nitrogens with zero attached hydrogens (tertiary/aromatic N) is 6. The van der Waals surface area contributed by atoms with Crippen LogP contribution in [0.3, 0.4) is 0 Å². The average Bonchev–Trinajstić information content (AvgIpc) is 3.10. The van der Waals surface area contributed by atoms with Crippen LogP contribution in [-0.2, 0) is 6.18 Å². The lowest BCUT2D eigenvalue weighted by molar-refractivity contribution is -0.137. The highest BCUT2D eigenvalue weighted by molar-refractivity contribution is 6.36. The highest BCUT2D eigenvalue weighted by atomic mass is 35.5. The number of nitrogen functional groups attached to an aromatic ring is 2. The second-order valence-corrected chi connectivity index (χ2v) is 12.8. The summed E-state index contributed by atoms with van der Waals surface area (Å²) in [5, 5.41) is -0.528. The van der Waals surface area contributed by atoms with Gasteiger partial charge in [0.25, 0.3) is 5.92 Å². The molecule has 2 atom stereocenters. The fraction of sp³-hybridized carbons (Fsp3) is 0.419. The minimum absolute atomic E-state index is 0.0366. The lowest BCUT2D eigenvalue weighted by Gasteiger charge is -2.46. The van der Waals surface area contributed by atoms with E-state index in [1.54, 1.807) is 28.9 Å². The number of aromatic nitrogens is 4. The summed E-state index contributed by atoms with van der Waals surface area (Å²) < 4.78 is 101. The number of anilines is 3. The molecule has 17 heteroatoms. The molecule has 2 fully saturated rings. The lowest BCUT2D eigenvalue weighted by Crippen LogP contribution is -2.59. The molecule has 0 unspecified atom stereocenters. The van der Waals surface area contributed by atoms with Gasteiger partial charge in [0, 0.05) is 24.7 Å². The smallest absolute Gasteiger partial charge is 0.418 e. The number of aryl methyl sites for hydroxylation is 1. The van der Waals surface area contributed by atoms with Crippen molar-refractivity contribution < 1.29 is 35.8 Å². The zero-order chi connectivity index (χ0) is 34.3. The van der Waals surface area contributed by atoms with Crippen molar-refractivity contribution in [2.24, 2.45) is 0 Å². The summed E-state index contributed by atoms with van der Waals surface area (Å²) in [4.78, 5) is 20.3. The van der Waals surface area contributed by atoms with Gasteiger partial charge in [-0.15, -0.1) is 0 Å². The topological polar surface area (TPSA) is 129 Å². The largest absolute Gasteiger partial charge is 0.489 e. The molecule has 0 aliphatic carbocycles. The van der Waals surface area contributed by atoms with Gasteiger partial charge in [-0.05, 0) is 38.0 Å². The normalized spacial score (nSPS) is 21.0. The Morgan fingerprint density at radius 1 is 1.17 bits per heavy atom. The van der Waals surface area contributed by atoms with Crippen molar-refractivity contribution in [1.82, 2.24) is 24.8 Å². The number of benzene rings is 1. The summed E-state index contributed by atoms with van der Waals surface area (Å²) in [5.74, 6) is -4.33. The number of hydrogen-bond donors (Lipinski definition) is 2. The first-order valence-electron chi connectivity index (χ1n) is 15.0. The van der Waals surface area contributed by atoms with Crippen molar-refractivity contribution >= 4 is 40.0 Å². The van der Waals surface area contributed by atoms with Gasteiger partial charge in [-0.3, -0.25) is 4.90 Å². The maximum Gasteiger partial charge on any atom is 0.418 e. The molecule has 0 saturated carbocycles. The van der Waals surface area contributed by atoms with Gasteiger partial charge < -0.3 is 25.8 Å². The molecule has 3 aromatic heterocycles. The monoisotopic (exact) mass is 694 g/mol. The molecule has 1 aromatic carbocycles. The van der Waals surface area contributed by atoms with E-state index in [2.05, 4.69) is 19.9 Å². The summed E-state index contributed by atoms with van der Waals surface area (Å²) in [5.41, 5.74) is 8.08. The second-order valence-electron chi connectivity index (χ2n) is 12.4. The molecule has 0 bridgehead atoms. The fourth-order valence-corrected chi connectivity index (χ4v) is 7.35. The molecule has 10 nitrogen and oxygen atoms in total. The summed E-state index contributed by atoms with van der Waals surface area (Å²) >= 11 is 6.73. The number of rotatable bonds is 6. The predicted molar refractivity (Wildman–Crippen MR) is 166 cm³/mol. The third-order valence-electron chi connectivity index (χ3n) is 9.34. The predicted octanol–water partition coefficient (Wildman–Crippen LogP) is 6.19. The Morgan fingerprint density at radius 3 is 2.60 bits per heavy atom. The first-order chi connectivity index (χ1) is 22.6. The van der Waals surface area contributed by atoms with Gasteiger partial charge in [0.15, 0.2) is 11.6 Å². The van der Waals surface area contributed by atoms with Crippen LogP contribution in [0.5, 0.6) is 11.8 Å². The van der Waals surface area contributed by atoms with Crippen LogP contribution in [0.4, 0.5) is 43.8 Å². The van der Waals surface area contributed by atoms with Crippen molar-refractivity contribution in [2.75, 3.05) is 49.2 Å². The minimum atomic E-state index is -4.96. The highest BCUT2D eigenvalue weighted by Gasteiger charge is 2.60. The number of nitrogens with two attached hydrogens (primary N) is 2. The number of hydrogen-bond acceptors (Lipinski definition) is 10. The van der Waals surface area contributed by atoms with Gasteiger partial charge in [-0.2, -0.15) is 23.1 Å². The Labute approximate surface area is 275 Å². The quantitative estimate of drug-likeness (QED) is 0.226. The van der Waals surface area contributed by atoms with E-state index in [9.17, 15) is 22.0 Å². The van der Waals surface area contributed by atoms with Crippen LogP contribution >= 0.6 is 11.6 Å². The Balaban J connectivity index is 1.45. The summed E-state index contributed by atoms with van der Waals surface area (Å²) in [7, 11) is 0. The highest BCUT2D eigenvalue weighted by Crippen LogP contribution is 2.52. The molecule has 254 valence electrons. The molecule has 2 saturated heterocycles. The zero-order valence-corrected chi connectivity index (χ0v) is 26.4. The van der Waals surface area contributed by atoms with Gasteiger partial charge >= 0.3 is 12.2 Å². The summed E-state index contributed by atoms with van der Waals surface area (Å²) in [6.45, 7) is 2.89. The van der Waals surface area contributed by atoms with E-state index in [0.717, 1.165) is 6.07 Å². The number of pyridine rings is 2. The Kier molecular flexibility index (Phi) is 7.47. The molecule has 3 aliphatic rings. The van der Waals surface area contributed by atoms with Crippen molar-refractivity contribution in [3.8, 4) is 23.0 Å². The van der Waals surface area contributed by atoms with E-state index in [-0.39, 0.29) is 59.9 Å². The number of alkyl halides is 5. The van der Waals surface area contributed by atoms with Crippen molar-refractivity contribution in [3.63, 3.8) is 0 Å². The molecule has 48 heavy (non-hydrogen) atoms. The second kappa shape index (κ2) is 11.1. The van der Waals surface area contributed by atoms with Gasteiger partial charge in [0.2, 0.25) is 0 Å². The average molecular weight is 695 g/mol. The SMILES string of the molecule is Cc1cc(N)nc(-c2c(Cl)c3c4c(nc(OC[C@@]56CCN5CC(F)(F)C6)nc4c2F)N([C@H](C)c2cccnc2N)CCO3)c1C(F)(F)F. The molecule has 3 aliphatic heterocycles. The number of fused-ring (bicyclic) bond motifs is 1. The van der Waals surface area contributed by atoms with Gasteiger partial charge in [0.1, 0.15) is 36.2 Å². The molecule has 4 aromatic rings. The van der Waals surface area contributed by atoms with Crippen LogP contribution in [-0.4, -0.2) is 69.1 Å². The van der Waals surface area contributed by atoms with E-state index >= 15 is 4.39 Å². The van der Waals surface area contributed by atoms with Gasteiger partial charge in [0.05, 0.1) is 51.9 Å². The Hall–Kier alpha value is -4.31. The van der Waals surface area contributed by atoms with E-state index in [1.807, 2.05) is 0 Å². The lowest BCUT2D eigenvalue weighted by atomic mass is 9.85. The summed E-state index contributed by atoms with van der Waals surface area (Å²) in [6, 6.07) is 3.55. The van der Waals surface area contributed by atoms with Gasteiger partial charge in [-0.1, -0.05) is 17.7 Å². The van der Waals surface area contributed by atoms with Gasteiger partial charge in [-0.25, -0.2) is 23.1 Å². The molecular weight excluding hydrogens is 666 g/mol. The standard InChI is InChI=1S/C31H29ClF6N8O2/c1-14-10-17(39)42-23(20(14)31(36,37)38)18-21(32)25-19-24(22(18)33)43-28(48-13-29-5-7-45(29)12-30(34,35)11-29)44-27(19)46(8-9-47-25)15(2)16-4-3-6-41-26(16)40/h3-4,6,10,15H,5,7-9,11-13H2,1-2H3,(H2,39,42)(H2,40,41)/t15-,29+/m1/s1. The molecule has 6 heterocycles. The zero-order valence-electron chi connectivity index (χ0n) is 25.6. The van der Waals surface area contributed by atoms with Crippen LogP contribution in [0, 0.1) is 12.7 Å². The van der Waals surface area contributed by atoms with Crippen molar-refractivity contribution in [2.45, 2.75) is 50.4 Å². The molecule has 4 N–H and O–H groups in total. The van der Waals surface area contributed by atoms with Crippen LogP contribution in [0.25, 0.3) is 22.2 Å². The molecule has 7 rings (SSSR count). The van der Waals surface area contributed by atoms with Crippen LogP contribution < -0.4 is 25.8 Å². The van der Waals surface area contributed by atoms with E-state index in [4.69, 9.17) is 32.5 Å². The first kappa shape index (κ1) is 32.2. The van der Waals surface area contributed by atoms with Crippen LogP contribution in [0.15, 0.2) is 24.4 Å². The maximum absolute atomic E-state index is 16.9. The Bertz CT molecular complexity index is 1960. The maximum atomic E-state index is 16.9. The first-order valence-corrected chi connectivity index (χ1v) is 15.4. The third kappa shape index (κ3) is 5.16. The Morgan fingerprint density at radius 2 is 1.94 bits per heavy atom. The fourth-order valence-electron chi connectivity index (χ4n) is 7.03. The van der Waals surface area contributed by atoms with Crippen molar-refractivity contribution in [1.29, 1.82) is 0 Å².